The van der Waals surface area contributed by atoms with Crippen LogP contribution in [0, 0.1) is 0 Å². The van der Waals surface area contributed by atoms with Gasteiger partial charge in [0.25, 0.3) is 5.91 Å². The van der Waals surface area contributed by atoms with Crippen LogP contribution in [0.15, 0.2) is 60.2 Å². The number of nitrogens with zero attached hydrogens (tertiary/aromatic N) is 6. The summed E-state index contributed by atoms with van der Waals surface area (Å²) in [5.41, 5.74) is 4.28. The number of ether oxygens (including phenoxy) is 1. The highest BCUT2D eigenvalue weighted by atomic mass is 17.2. The van der Waals surface area contributed by atoms with E-state index in [1.54, 1.807) is 25.3 Å². The van der Waals surface area contributed by atoms with Gasteiger partial charge in [-0.25, -0.2) is 19.6 Å². The Balaban J connectivity index is 1.73. The monoisotopic (exact) mass is 601 g/mol. The minimum Gasteiger partial charge on any atom is -0.432 e. The molecule has 0 bridgehead atoms. The fraction of sp³-hybridized carbons (Fsp3) is 0.323. The van der Waals surface area contributed by atoms with E-state index in [1.807, 2.05) is 55.5 Å². The van der Waals surface area contributed by atoms with Gasteiger partial charge in [0.15, 0.2) is 11.5 Å². The van der Waals surface area contributed by atoms with E-state index in [1.165, 1.54) is 18.0 Å². The number of allylic oxidation sites excluding steroid dienone is 1. The summed E-state index contributed by atoms with van der Waals surface area (Å²) < 4.78 is 6.40. The van der Waals surface area contributed by atoms with Gasteiger partial charge in [0.05, 0.1) is 6.61 Å². The summed E-state index contributed by atoms with van der Waals surface area (Å²) in [4.78, 5) is 53.6. The van der Waals surface area contributed by atoms with E-state index in [4.69, 9.17) is 14.6 Å². The molecule has 2 aromatic carbocycles. The van der Waals surface area contributed by atoms with Gasteiger partial charge in [-0.05, 0) is 49.1 Å². The first-order valence-corrected chi connectivity index (χ1v) is 14.2. The molecule has 13 nitrogen and oxygen atoms in total. The molecular formula is C31H35N7O6. The Morgan fingerprint density at radius 1 is 1.00 bits per heavy atom. The van der Waals surface area contributed by atoms with Crippen molar-refractivity contribution >= 4 is 23.8 Å². The molecule has 4 rings (SSSR count). The first-order valence-electron chi connectivity index (χ1n) is 14.2. The third-order valence-corrected chi connectivity index (χ3v) is 6.60. The maximum Gasteiger partial charge on any atom is 0.549 e. The molecule has 2 aromatic heterocycles. The van der Waals surface area contributed by atoms with Gasteiger partial charge in [-0.15, -0.1) is 10.2 Å². The fourth-order valence-electron chi connectivity index (χ4n) is 4.50. The molecule has 0 atom stereocenters. The van der Waals surface area contributed by atoms with E-state index in [0.717, 1.165) is 40.7 Å². The van der Waals surface area contributed by atoms with Crippen molar-refractivity contribution < 1.29 is 28.9 Å². The minimum absolute atomic E-state index is 0.0371. The van der Waals surface area contributed by atoms with Crippen LogP contribution in [0.4, 0.5) is 10.6 Å². The van der Waals surface area contributed by atoms with Crippen LogP contribution in [0.3, 0.4) is 0 Å². The Bertz CT molecular complexity index is 1620. The SMILES string of the molecule is CCCCc1nc(N(C)C(=O)C=C(C)C)c(C(=O)OOC(=O)OCC)n1Cc1ccc(-c2ccccc2-c2nn[nH]n2)cc1. The Kier molecular flexibility index (Phi) is 10.6. The number of amides is 1. The van der Waals surface area contributed by atoms with Crippen molar-refractivity contribution in [2.75, 3.05) is 18.6 Å². The highest BCUT2D eigenvalue weighted by Crippen LogP contribution is 2.31. The average molecular weight is 602 g/mol. The van der Waals surface area contributed by atoms with Crippen LogP contribution in [0.2, 0.25) is 0 Å². The zero-order valence-corrected chi connectivity index (χ0v) is 25.4. The molecule has 0 aliphatic carbocycles. The topological polar surface area (TPSA) is 154 Å². The Hall–Kier alpha value is -5.33. The lowest BCUT2D eigenvalue weighted by atomic mass is 9.98. The van der Waals surface area contributed by atoms with E-state index < -0.39 is 12.1 Å². The van der Waals surface area contributed by atoms with Gasteiger partial charge in [0, 0.05) is 31.7 Å². The third-order valence-electron chi connectivity index (χ3n) is 6.60. The van der Waals surface area contributed by atoms with Crippen molar-refractivity contribution in [2.45, 2.75) is 53.5 Å². The minimum atomic E-state index is -1.16. The molecule has 0 fully saturated rings. The van der Waals surface area contributed by atoms with Crippen molar-refractivity contribution in [3.05, 3.63) is 77.3 Å². The number of rotatable bonds is 11. The molecular weight excluding hydrogens is 566 g/mol. The van der Waals surface area contributed by atoms with Crippen molar-refractivity contribution in [3.63, 3.8) is 0 Å². The molecule has 0 saturated heterocycles. The molecule has 0 aliphatic heterocycles. The maximum absolute atomic E-state index is 13.4. The third kappa shape index (κ3) is 7.54. The first-order chi connectivity index (χ1) is 21.2. The van der Waals surface area contributed by atoms with Crippen LogP contribution in [0.1, 0.15) is 62.4 Å². The highest BCUT2D eigenvalue weighted by Gasteiger charge is 2.30. The predicted molar refractivity (Wildman–Crippen MR) is 161 cm³/mol. The van der Waals surface area contributed by atoms with E-state index in [2.05, 4.69) is 25.5 Å². The van der Waals surface area contributed by atoms with Crippen LogP contribution in [-0.2, 0) is 32.3 Å². The van der Waals surface area contributed by atoms with Crippen molar-refractivity contribution in [1.82, 2.24) is 30.2 Å². The summed E-state index contributed by atoms with van der Waals surface area (Å²) in [6.07, 6.45) is 2.50. The number of benzene rings is 2. The van der Waals surface area contributed by atoms with Crippen molar-refractivity contribution in [2.24, 2.45) is 0 Å². The van der Waals surface area contributed by atoms with Gasteiger partial charge < -0.3 is 9.30 Å². The molecule has 44 heavy (non-hydrogen) atoms. The Morgan fingerprint density at radius 2 is 1.73 bits per heavy atom. The van der Waals surface area contributed by atoms with Gasteiger partial charge in [0.1, 0.15) is 5.82 Å². The number of likely N-dealkylation sites (N-methyl/N-ethyl adjacent to an activating group) is 1. The number of aromatic amines is 1. The normalized spacial score (nSPS) is 10.7. The number of hydrogen-bond acceptors (Lipinski definition) is 10. The number of H-pyrrole nitrogens is 1. The van der Waals surface area contributed by atoms with Gasteiger partial charge in [-0.2, -0.15) is 10.0 Å². The predicted octanol–water partition coefficient (Wildman–Crippen LogP) is 5.30. The van der Waals surface area contributed by atoms with Gasteiger partial charge in [-0.1, -0.05) is 67.4 Å². The number of aromatic nitrogens is 6. The van der Waals surface area contributed by atoms with Crippen LogP contribution in [-0.4, -0.2) is 61.9 Å². The van der Waals surface area contributed by atoms with E-state index in [0.29, 0.717) is 18.1 Å². The lowest BCUT2D eigenvalue weighted by molar-refractivity contribution is -0.203. The number of tetrazole rings is 1. The summed E-state index contributed by atoms with van der Waals surface area (Å²) in [7, 11) is 1.52. The van der Waals surface area contributed by atoms with E-state index in [-0.39, 0.29) is 30.6 Å². The second-order valence-electron chi connectivity index (χ2n) is 10.1. The van der Waals surface area contributed by atoms with Crippen LogP contribution >= 0.6 is 0 Å². The molecule has 2 heterocycles. The summed E-state index contributed by atoms with van der Waals surface area (Å²) >= 11 is 0. The van der Waals surface area contributed by atoms with Gasteiger partial charge in [-0.3, -0.25) is 9.69 Å². The number of carbonyl (C=O) groups is 3. The van der Waals surface area contributed by atoms with Crippen LogP contribution in [0.25, 0.3) is 22.5 Å². The lowest BCUT2D eigenvalue weighted by Gasteiger charge is -2.16. The zero-order chi connectivity index (χ0) is 31.6. The number of hydrogen-bond donors (Lipinski definition) is 1. The Morgan fingerprint density at radius 3 is 2.36 bits per heavy atom. The highest BCUT2D eigenvalue weighted by molar-refractivity contribution is 6.05. The van der Waals surface area contributed by atoms with Crippen molar-refractivity contribution in [1.29, 1.82) is 0 Å². The molecule has 0 radical (unpaired) electrons. The molecule has 0 aliphatic rings. The molecule has 1 N–H and O–H groups in total. The molecule has 230 valence electrons. The quantitative estimate of drug-likeness (QED) is 0.104. The number of unbranched alkanes of at least 4 members (excludes halogenated alkanes) is 1. The van der Waals surface area contributed by atoms with Gasteiger partial charge in [0.2, 0.25) is 5.82 Å². The number of imidazole rings is 1. The number of aryl methyl sites for hydroxylation is 1. The van der Waals surface area contributed by atoms with E-state index in [9.17, 15) is 14.4 Å². The summed E-state index contributed by atoms with van der Waals surface area (Å²) in [5, 5.41) is 14.4. The number of anilines is 1. The molecule has 4 aromatic rings. The zero-order valence-electron chi connectivity index (χ0n) is 25.4. The second-order valence-corrected chi connectivity index (χ2v) is 10.1. The molecule has 13 heteroatoms. The van der Waals surface area contributed by atoms with E-state index >= 15 is 0 Å². The fourth-order valence-corrected chi connectivity index (χ4v) is 4.50. The maximum atomic E-state index is 13.4. The van der Waals surface area contributed by atoms with Crippen LogP contribution in [0.5, 0.6) is 0 Å². The van der Waals surface area contributed by atoms with Crippen LogP contribution < -0.4 is 4.90 Å². The largest absolute Gasteiger partial charge is 0.549 e. The number of nitrogens with one attached hydrogen (secondary N) is 1. The van der Waals surface area contributed by atoms with Gasteiger partial charge >= 0.3 is 12.1 Å². The summed E-state index contributed by atoms with van der Waals surface area (Å²) in [6.45, 7) is 7.50. The summed E-state index contributed by atoms with van der Waals surface area (Å²) in [6, 6.07) is 15.5. The smallest absolute Gasteiger partial charge is 0.432 e. The molecule has 0 spiro atoms. The Labute approximate surface area is 254 Å². The standard InChI is InChI=1S/C31H35N7O6/c1-6-8-13-25-32-29(37(5)26(39)18-20(3)4)27(30(40)43-44-31(41)42-7-2)38(25)19-21-14-16-22(17-15-21)23-11-9-10-12-24(23)28-33-35-36-34-28/h9-12,14-18H,6-8,13,19H2,1-5H3,(H,33,34,35,36). The lowest BCUT2D eigenvalue weighted by Crippen LogP contribution is -2.28. The second kappa shape index (κ2) is 14.7. The first kappa shape index (κ1) is 31.6. The average Bonchev–Trinajstić information content (AvgIpc) is 3.67. The molecule has 1 amide bonds. The molecule has 0 unspecified atom stereocenters. The number of carbonyl (C=O) groups excluding carboxylic acids is 3. The van der Waals surface area contributed by atoms with Crippen molar-refractivity contribution in [3.8, 4) is 22.5 Å². The molecule has 0 saturated carbocycles. The summed E-state index contributed by atoms with van der Waals surface area (Å²) in [5.74, 6) is -0.223.